The zero-order chi connectivity index (χ0) is 15.5. The van der Waals surface area contributed by atoms with Crippen LogP contribution in [0.25, 0.3) is 0 Å². The third-order valence-corrected chi connectivity index (χ3v) is 4.30. The highest BCUT2D eigenvalue weighted by Gasteiger charge is 2.27. The van der Waals surface area contributed by atoms with Crippen molar-refractivity contribution in [2.75, 3.05) is 32.8 Å². The maximum atomic E-state index is 9.82. The molecule has 0 atom stereocenters. The van der Waals surface area contributed by atoms with Crippen molar-refractivity contribution >= 4 is 0 Å². The maximum absolute atomic E-state index is 9.82. The third kappa shape index (κ3) is 4.19. The molecule has 118 valence electrons. The summed E-state index contributed by atoms with van der Waals surface area (Å²) in [5.74, 6) is 0.410. The summed E-state index contributed by atoms with van der Waals surface area (Å²) < 4.78 is 5.42. The second-order valence-electron chi connectivity index (χ2n) is 6.59. The van der Waals surface area contributed by atoms with Crippen LogP contribution in [0.3, 0.4) is 0 Å². The van der Waals surface area contributed by atoms with Gasteiger partial charge < -0.3 is 15.2 Å². The molecule has 21 heavy (non-hydrogen) atoms. The summed E-state index contributed by atoms with van der Waals surface area (Å²) in [7, 11) is 0. The van der Waals surface area contributed by atoms with E-state index in [1.54, 1.807) is 0 Å². The Kier molecular flexibility index (Phi) is 5.25. The minimum atomic E-state index is 0.130. The highest BCUT2D eigenvalue weighted by Crippen LogP contribution is 2.23. The Morgan fingerprint density at radius 2 is 1.76 bits per heavy atom. The standard InChI is InChI=1S/C17H28N2O2/c1-13-9-15(10-14(2)16(13)20)11-18-12-17(3,4)19-5-7-21-8-6-19/h9-10,18,20H,5-8,11-12H2,1-4H3. The highest BCUT2D eigenvalue weighted by molar-refractivity contribution is 5.42. The molecule has 0 saturated carbocycles. The van der Waals surface area contributed by atoms with Gasteiger partial charge in [0.25, 0.3) is 0 Å². The van der Waals surface area contributed by atoms with Gasteiger partial charge in [-0.15, -0.1) is 0 Å². The van der Waals surface area contributed by atoms with Crippen LogP contribution in [-0.2, 0) is 11.3 Å². The molecule has 1 aromatic carbocycles. The monoisotopic (exact) mass is 292 g/mol. The molecule has 1 aliphatic heterocycles. The fraction of sp³-hybridized carbons (Fsp3) is 0.647. The molecule has 2 rings (SSSR count). The van der Waals surface area contributed by atoms with Crippen molar-refractivity contribution in [1.29, 1.82) is 0 Å². The molecule has 4 nitrogen and oxygen atoms in total. The fourth-order valence-electron chi connectivity index (χ4n) is 2.94. The molecule has 0 bridgehead atoms. The van der Waals surface area contributed by atoms with Crippen LogP contribution in [-0.4, -0.2) is 48.4 Å². The lowest BCUT2D eigenvalue weighted by atomic mass is 10.0. The van der Waals surface area contributed by atoms with Crippen molar-refractivity contribution < 1.29 is 9.84 Å². The lowest BCUT2D eigenvalue weighted by Gasteiger charge is -2.41. The van der Waals surface area contributed by atoms with Crippen LogP contribution in [0, 0.1) is 13.8 Å². The summed E-state index contributed by atoms with van der Waals surface area (Å²) in [5, 5.41) is 13.4. The number of hydrogen-bond donors (Lipinski definition) is 2. The van der Waals surface area contributed by atoms with Gasteiger partial charge in [-0.1, -0.05) is 12.1 Å². The number of aryl methyl sites for hydroxylation is 2. The molecular formula is C17H28N2O2. The number of aromatic hydroxyl groups is 1. The average molecular weight is 292 g/mol. The van der Waals surface area contributed by atoms with E-state index in [4.69, 9.17) is 4.74 Å². The number of nitrogens with one attached hydrogen (secondary N) is 1. The van der Waals surface area contributed by atoms with E-state index in [1.165, 1.54) is 5.56 Å². The summed E-state index contributed by atoms with van der Waals surface area (Å²) in [6, 6.07) is 4.11. The highest BCUT2D eigenvalue weighted by atomic mass is 16.5. The third-order valence-electron chi connectivity index (χ3n) is 4.30. The van der Waals surface area contributed by atoms with Crippen LogP contribution < -0.4 is 5.32 Å². The quantitative estimate of drug-likeness (QED) is 0.873. The Morgan fingerprint density at radius 3 is 2.33 bits per heavy atom. The maximum Gasteiger partial charge on any atom is 0.121 e. The molecule has 0 spiro atoms. The van der Waals surface area contributed by atoms with E-state index < -0.39 is 0 Å². The summed E-state index contributed by atoms with van der Waals surface area (Å²) in [6.07, 6.45) is 0. The average Bonchev–Trinajstić information content (AvgIpc) is 2.45. The topological polar surface area (TPSA) is 44.7 Å². The van der Waals surface area contributed by atoms with E-state index in [0.717, 1.165) is 50.5 Å². The molecular weight excluding hydrogens is 264 g/mol. The van der Waals surface area contributed by atoms with Gasteiger partial charge >= 0.3 is 0 Å². The second-order valence-corrected chi connectivity index (χ2v) is 6.59. The number of hydrogen-bond acceptors (Lipinski definition) is 4. The normalized spacial score (nSPS) is 17.1. The van der Waals surface area contributed by atoms with Gasteiger partial charge in [0.2, 0.25) is 0 Å². The Morgan fingerprint density at radius 1 is 1.19 bits per heavy atom. The fourth-order valence-corrected chi connectivity index (χ4v) is 2.94. The first-order valence-electron chi connectivity index (χ1n) is 7.73. The molecule has 0 unspecified atom stereocenters. The van der Waals surface area contributed by atoms with Crippen molar-refractivity contribution in [3.8, 4) is 5.75 Å². The van der Waals surface area contributed by atoms with E-state index in [2.05, 4.69) is 36.2 Å². The zero-order valence-corrected chi connectivity index (χ0v) is 13.7. The van der Waals surface area contributed by atoms with Crippen molar-refractivity contribution in [1.82, 2.24) is 10.2 Å². The first kappa shape index (κ1) is 16.3. The van der Waals surface area contributed by atoms with E-state index in [1.807, 2.05) is 13.8 Å². The molecule has 1 fully saturated rings. The number of phenols is 1. The molecule has 2 N–H and O–H groups in total. The van der Waals surface area contributed by atoms with Crippen molar-refractivity contribution in [3.05, 3.63) is 28.8 Å². The first-order chi connectivity index (χ1) is 9.90. The largest absolute Gasteiger partial charge is 0.507 e. The number of rotatable bonds is 5. The van der Waals surface area contributed by atoms with Crippen LogP contribution in [0.15, 0.2) is 12.1 Å². The lowest BCUT2D eigenvalue weighted by molar-refractivity contribution is -0.00966. The molecule has 1 aromatic rings. The predicted octanol–water partition coefficient (Wildman–Crippen LogP) is 2.21. The van der Waals surface area contributed by atoms with E-state index in [9.17, 15) is 5.11 Å². The molecule has 0 amide bonds. The second kappa shape index (κ2) is 6.77. The van der Waals surface area contributed by atoms with Gasteiger partial charge in [0.1, 0.15) is 5.75 Å². The number of ether oxygens (including phenoxy) is 1. The van der Waals surface area contributed by atoms with Gasteiger partial charge in [-0.05, 0) is 44.4 Å². The van der Waals surface area contributed by atoms with Crippen LogP contribution >= 0.6 is 0 Å². The van der Waals surface area contributed by atoms with Gasteiger partial charge in [-0.3, -0.25) is 4.90 Å². The molecule has 1 aliphatic rings. The van der Waals surface area contributed by atoms with Crippen LogP contribution in [0.2, 0.25) is 0 Å². The van der Waals surface area contributed by atoms with Gasteiger partial charge in [0.05, 0.1) is 13.2 Å². The van der Waals surface area contributed by atoms with Crippen LogP contribution in [0.5, 0.6) is 5.75 Å². The van der Waals surface area contributed by atoms with Crippen molar-refractivity contribution in [2.45, 2.75) is 39.8 Å². The summed E-state index contributed by atoms with van der Waals surface area (Å²) in [6.45, 7) is 13.9. The number of morpholine rings is 1. The Hall–Kier alpha value is -1.10. The predicted molar refractivity (Wildman–Crippen MR) is 85.8 cm³/mol. The molecule has 0 aromatic heterocycles. The Labute approximate surface area is 128 Å². The van der Waals surface area contributed by atoms with Gasteiger partial charge in [-0.2, -0.15) is 0 Å². The van der Waals surface area contributed by atoms with E-state index in [0.29, 0.717) is 5.75 Å². The first-order valence-corrected chi connectivity index (χ1v) is 7.73. The summed E-state index contributed by atoms with van der Waals surface area (Å²) in [4.78, 5) is 2.48. The minimum absolute atomic E-state index is 0.130. The van der Waals surface area contributed by atoms with Gasteiger partial charge in [-0.25, -0.2) is 0 Å². The number of nitrogens with zero attached hydrogens (tertiary/aromatic N) is 1. The zero-order valence-electron chi connectivity index (χ0n) is 13.7. The number of benzene rings is 1. The van der Waals surface area contributed by atoms with Gasteiger partial charge in [0, 0.05) is 31.7 Å². The molecule has 1 saturated heterocycles. The lowest BCUT2D eigenvalue weighted by Crippen LogP contribution is -2.54. The Balaban J connectivity index is 1.88. The smallest absolute Gasteiger partial charge is 0.121 e. The molecule has 0 radical (unpaired) electrons. The molecule has 1 heterocycles. The van der Waals surface area contributed by atoms with Crippen LogP contribution in [0.1, 0.15) is 30.5 Å². The summed E-state index contributed by atoms with van der Waals surface area (Å²) in [5.41, 5.74) is 3.24. The van der Waals surface area contributed by atoms with E-state index in [-0.39, 0.29) is 5.54 Å². The summed E-state index contributed by atoms with van der Waals surface area (Å²) >= 11 is 0. The molecule has 4 heteroatoms. The SMILES string of the molecule is Cc1cc(CNCC(C)(C)N2CCOCC2)cc(C)c1O. The molecule has 0 aliphatic carbocycles. The van der Waals surface area contributed by atoms with Crippen molar-refractivity contribution in [2.24, 2.45) is 0 Å². The Bertz CT molecular complexity index is 457. The van der Waals surface area contributed by atoms with E-state index >= 15 is 0 Å². The van der Waals surface area contributed by atoms with Crippen molar-refractivity contribution in [3.63, 3.8) is 0 Å². The van der Waals surface area contributed by atoms with Gasteiger partial charge in [0.15, 0.2) is 0 Å². The van der Waals surface area contributed by atoms with Crippen LogP contribution in [0.4, 0.5) is 0 Å². The minimum Gasteiger partial charge on any atom is -0.507 e. The number of phenolic OH excluding ortho intramolecular Hbond substituents is 1.